The maximum absolute atomic E-state index is 13.6. The summed E-state index contributed by atoms with van der Waals surface area (Å²) in [7, 11) is -1.92. The van der Waals surface area contributed by atoms with Gasteiger partial charge in [-0.25, -0.2) is 17.2 Å². The topological polar surface area (TPSA) is 83.0 Å². The van der Waals surface area contributed by atoms with Crippen molar-refractivity contribution in [2.45, 2.75) is 32.6 Å². The molecule has 1 aromatic carbocycles. The van der Waals surface area contributed by atoms with E-state index in [1.54, 1.807) is 0 Å². The van der Waals surface area contributed by atoms with Gasteiger partial charge in [-0.05, 0) is 32.0 Å². The Kier molecular flexibility index (Phi) is 7.51. The Morgan fingerprint density at radius 1 is 1.26 bits per heavy atom. The Morgan fingerprint density at radius 2 is 1.93 bits per heavy atom. The van der Waals surface area contributed by atoms with Gasteiger partial charge in [-0.15, -0.1) is 0 Å². The smallest absolute Gasteiger partial charge is 0.216 e. The Labute approximate surface area is 158 Å². The number of halogens is 2. The number of rotatable bonds is 6. The van der Waals surface area contributed by atoms with Crippen molar-refractivity contribution in [3.8, 4) is 0 Å². The van der Waals surface area contributed by atoms with Crippen molar-refractivity contribution in [3.63, 3.8) is 0 Å². The van der Waals surface area contributed by atoms with Crippen LogP contribution in [0.15, 0.2) is 23.2 Å². The quantitative estimate of drug-likeness (QED) is 0.548. The number of benzene rings is 1. The molecule has 27 heavy (non-hydrogen) atoms. The highest BCUT2D eigenvalue weighted by Gasteiger charge is 2.30. The fourth-order valence-electron chi connectivity index (χ4n) is 2.86. The molecule has 1 aliphatic rings. The number of nitrogens with one attached hydrogen (secondary N) is 2. The summed E-state index contributed by atoms with van der Waals surface area (Å²) < 4.78 is 58.8. The molecule has 1 saturated heterocycles. The summed E-state index contributed by atoms with van der Waals surface area (Å²) in [5, 5.41) is 5.71. The van der Waals surface area contributed by atoms with Crippen LogP contribution in [0.4, 0.5) is 8.78 Å². The van der Waals surface area contributed by atoms with Crippen molar-refractivity contribution >= 4 is 16.0 Å². The summed E-state index contributed by atoms with van der Waals surface area (Å²) in [5.74, 6) is -0.868. The second kappa shape index (κ2) is 9.43. The highest BCUT2D eigenvalue weighted by atomic mass is 32.2. The van der Waals surface area contributed by atoms with E-state index in [1.807, 2.05) is 13.8 Å². The molecule has 2 atom stereocenters. The van der Waals surface area contributed by atoms with Gasteiger partial charge in [0.25, 0.3) is 0 Å². The summed E-state index contributed by atoms with van der Waals surface area (Å²) in [5.41, 5.74) is 0.155. The maximum Gasteiger partial charge on any atom is 0.216 e. The van der Waals surface area contributed by atoms with E-state index >= 15 is 0 Å². The zero-order valence-electron chi connectivity index (χ0n) is 15.7. The molecule has 10 heteroatoms. The molecule has 0 amide bonds. The van der Waals surface area contributed by atoms with Crippen molar-refractivity contribution in [3.05, 3.63) is 35.4 Å². The van der Waals surface area contributed by atoms with Crippen LogP contribution in [0.3, 0.4) is 0 Å². The number of sulfonamides is 1. The molecule has 1 aromatic rings. The van der Waals surface area contributed by atoms with Crippen LogP contribution in [-0.2, 0) is 21.3 Å². The highest BCUT2D eigenvalue weighted by molar-refractivity contribution is 7.89. The van der Waals surface area contributed by atoms with Crippen molar-refractivity contribution in [2.75, 3.05) is 32.4 Å². The van der Waals surface area contributed by atoms with E-state index in [-0.39, 0.29) is 36.6 Å². The number of morpholine rings is 1. The summed E-state index contributed by atoms with van der Waals surface area (Å²) >= 11 is 0. The summed E-state index contributed by atoms with van der Waals surface area (Å²) in [6.07, 6.45) is -0.292. The first kappa shape index (κ1) is 21.5. The van der Waals surface area contributed by atoms with E-state index in [9.17, 15) is 17.2 Å². The zero-order valence-corrected chi connectivity index (χ0v) is 16.5. The molecule has 1 heterocycles. The minimum atomic E-state index is -3.43. The minimum Gasteiger partial charge on any atom is -0.373 e. The molecule has 0 bridgehead atoms. The van der Waals surface area contributed by atoms with Gasteiger partial charge < -0.3 is 15.4 Å². The van der Waals surface area contributed by atoms with Crippen LogP contribution in [0.1, 0.15) is 19.4 Å². The molecule has 2 N–H and O–H groups in total. The molecule has 0 aromatic heterocycles. The molecule has 0 radical (unpaired) electrons. The van der Waals surface area contributed by atoms with Gasteiger partial charge in [0, 0.05) is 38.8 Å². The number of hydrogen-bond acceptors (Lipinski definition) is 4. The standard InChI is InChI=1S/C17H26F2N4O3S/c1-12-10-23(11-13(2)26-12)27(24,25)7-6-21-17(20-3)22-9-14-8-15(18)4-5-16(14)19/h4-5,8,12-13H,6-7,9-11H2,1-3H3,(H2,20,21,22). The Hall–Kier alpha value is -1.78. The lowest BCUT2D eigenvalue weighted by Gasteiger charge is -2.34. The average Bonchev–Trinajstić information content (AvgIpc) is 2.59. The Balaban J connectivity index is 1.84. The van der Waals surface area contributed by atoms with E-state index in [4.69, 9.17) is 4.74 Å². The van der Waals surface area contributed by atoms with Crippen LogP contribution in [0.5, 0.6) is 0 Å². The third kappa shape index (κ3) is 6.40. The van der Waals surface area contributed by atoms with Crippen molar-refractivity contribution in [1.29, 1.82) is 0 Å². The molecule has 1 aliphatic heterocycles. The van der Waals surface area contributed by atoms with Crippen molar-refractivity contribution in [2.24, 2.45) is 4.99 Å². The first-order chi connectivity index (χ1) is 12.7. The molecule has 1 fully saturated rings. The third-order valence-corrected chi connectivity index (χ3v) is 5.91. The normalized spacial score (nSPS) is 21.9. The largest absolute Gasteiger partial charge is 0.373 e. The lowest BCUT2D eigenvalue weighted by molar-refractivity contribution is -0.0440. The first-order valence-corrected chi connectivity index (χ1v) is 10.3. The van der Waals surface area contributed by atoms with Gasteiger partial charge in [0.05, 0.1) is 18.0 Å². The first-order valence-electron chi connectivity index (χ1n) is 8.73. The summed E-state index contributed by atoms with van der Waals surface area (Å²) in [4.78, 5) is 3.96. The van der Waals surface area contributed by atoms with Crippen LogP contribution in [-0.4, -0.2) is 63.3 Å². The number of aliphatic imine (C=N–C) groups is 1. The average molecular weight is 404 g/mol. The van der Waals surface area contributed by atoms with Crippen LogP contribution < -0.4 is 10.6 Å². The monoisotopic (exact) mass is 404 g/mol. The molecule has 0 aliphatic carbocycles. The van der Waals surface area contributed by atoms with E-state index in [0.29, 0.717) is 19.0 Å². The predicted molar refractivity (Wildman–Crippen MR) is 99.9 cm³/mol. The lowest BCUT2D eigenvalue weighted by atomic mass is 10.2. The fourth-order valence-corrected chi connectivity index (χ4v) is 4.36. The second-order valence-electron chi connectivity index (χ2n) is 6.48. The van der Waals surface area contributed by atoms with Crippen LogP contribution in [0.2, 0.25) is 0 Å². The van der Waals surface area contributed by atoms with Crippen LogP contribution in [0.25, 0.3) is 0 Å². The number of ether oxygens (including phenoxy) is 1. The molecule has 2 rings (SSSR count). The number of guanidine groups is 1. The highest BCUT2D eigenvalue weighted by Crippen LogP contribution is 2.14. The summed E-state index contributed by atoms with van der Waals surface area (Å²) in [6, 6.07) is 3.20. The second-order valence-corrected chi connectivity index (χ2v) is 8.57. The molecule has 0 saturated carbocycles. The predicted octanol–water partition coefficient (Wildman–Crippen LogP) is 1.07. The molecule has 0 spiro atoms. The van der Waals surface area contributed by atoms with Crippen molar-refractivity contribution < 1.29 is 21.9 Å². The van der Waals surface area contributed by atoms with Gasteiger partial charge in [-0.3, -0.25) is 4.99 Å². The number of nitrogens with zero attached hydrogens (tertiary/aromatic N) is 2. The zero-order chi connectivity index (χ0) is 20.0. The van der Waals surface area contributed by atoms with Gasteiger partial charge in [-0.1, -0.05) is 0 Å². The van der Waals surface area contributed by atoms with Crippen LogP contribution in [0, 0.1) is 11.6 Å². The molecule has 2 unspecified atom stereocenters. The van der Waals surface area contributed by atoms with Gasteiger partial charge in [-0.2, -0.15) is 4.31 Å². The maximum atomic E-state index is 13.6. The molecular weight excluding hydrogens is 378 g/mol. The minimum absolute atomic E-state index is 0.0223. The molecule has 152 valence electrons. The van der Waals surface area contributed by atoms with Crippen LogP contribution >= 0.6 is 0 Å². The van der Waals surface area contributed by atoms with Gasteiger partial charge in [0.15, 0.2) is 5.96 Å². The van der Waals surface area contributed by atoms with E-state index < -0.39 is 21.7 Å². The van der Waals surface area contributed by atoms with E-state index in [0.717, 1.165) is 18.2 Å². The van der Waals surface area contributed by atoms with Gasteiger partial charge >= 0.3 is 0 Å². The van der Waals surface area contributed by atoms with Gasteiger partial charge in [0.1, 0.15) is 11.6 Å². The molecule has 7 nitrogen and oxygen atoms in total. The molecular formula is C17H26F2N4O3S. The SMILES string of the molecule is CN=C(NCCS(=O)(=O)N1CC(C)OC(C)C1)NCc1cc(F)ccc1F. The van der Waals surface area contributed by atoms with Crippen molar-refractivity contribution in [1.82, 2.24) is 14.9 Å². The van der Waals surface area contributed by atoms with E-state index in [2.05, 4.69) is 15.6 Å². The summed E-state index contributed by atoms with van der Waals surface area (Å²) in [6.45, 7) is 4.50. The number of hydrogen-bond donors (Lipinski definition) is 2. The Bertz CT molecular complexity index is 763. The van der Waals surface area contributed by atoms with E-state index in [1.165, 1.54) is 11.4 Å². The fraction of sp³-hybridized carbons (Fsp3) is 0.588. The third-order valence-electron chi connectivity index (χ3n) is 4.11. The lowest BCUT2D eigenvalue weighted by Crippen LogP contribution is -2.50. The van der Waals surface area contributed by atoms with Gasteiger partial charge in [0.2, 0.25) is 10.0 Å². The Morgan fingerprint density at radius 3 is 2.56 bits per heavy atom.